The fourth-order valence-electron chi connectivity index (χ4n) is 1.22. The van der Waals surface area contributed by atoms with Gasteiger partial charge in [-0.25, -0.2) is 14.8 Å². The van der Waals surface area contributed by atoms with Crippen molar-refractivity contribution in [2.24, 2.45) is 0 Å². The summed E-state index contributed by atoms with van der Waals surface area (Å²) in [6.45, 7) is -0.108. The smallest absolute Gasteiger partial charge is 1.00 e. The first-order valence-electron chi connectivity index (χ1n) is 5.69. The van der Waals surface area contributed by atoms with Gasteiger partial charge in [0.05, 0.1) is 29.3 Å². The summed E-state index contributed by atoms with van der Waals surface area (Å²) >= 11 is 22.3. The van der Waals surface area contributed by atoms with Gasteiger partial charge in [-0.3, -0.25) is 0 Å². The second-order valence-corrected chi connectivity index (χ2v) is 5.32. The predicted molar refractivity (Wildman–Crippen MR) is 92.6 cm³/mol. The van der Waals surface area contributed by atoms with E-state index in [1.807, 2.05) is 0 Å². The van der Waals surface area contributed by atoms with E-state index in [9.17, 15) is 4.79 Å². The molecule has 0 bridgehead atoms. The van der Waals surface area contributed by atoms with Crippen LogP contribution in [0.4, 0.5) is 0 Å². The summed E-state index contributed by atoms with van der Waals surface area (Å²) in [7, 11) is 1.27. The van der Waals surface area contributed by atoms with Crippen LogP contribution < -0.4 is 29.6 Å². The fourth-order valence-corrected chi connectivity index (χ4v) is 2.09. The molecule has 2 rings (SSSR count). The third-order valence-corrected chi connectivity index (χ3v) is 3.37. The number of ether oxygens (including phenoxy) is 1. The monoisotopic (exact) mass is 417 g/mol. The van der Waals surface area contributed by atoms with Crippen LogP contribution in [0.25, 0.3) is 0 Å². The fraction of sp³-hybridized carbons (Fsp3) is 0.154. The molecule has 1 N–H and O–H groups in total. The molecule has 11 heteroatoms. The first kappa shape index (κ1) is 26.2. The molecule has 0 aliphatic carbocycles. The van der Waals surface area contributed by atoms with Crippen molar-refractivity contribution < 1.29 is 45.6 Å². The molecule has 0 amide bonds. The molecule has 0 unspecified atom stereocenters. The van der Waals surface area contributed by atoms with Gasteiger partial charge in [-0.15, -0.1) is 0 Å². The zero-order chi connectivity index (χ0) is 16.7. The Kier molecular flexibility index (Phi) is 14.4. The molecule has 2 aromatic heterocycles. The molecule has 0 atom stereocenters. The van der Waals surface area contributed by atoms with Gasteiger partial charge < -0.3 is 11.3 Å². The average Bonchev–Trinajstić information content (AvgIpc) is 2.47. The number of aromatic nitrogens is 2. The first-order valence-corrected chi connectivity index (χ1v) is 7.20. The van der Waals surface area contributed by atoms with Crippen LogP contribution in [-0.2, 0) is 11.3 Å². The van der Waals surface area contributed by atoms with Crippen LogP contribution in [0.15, 0.2) is 24.5 Å². The standard InChI is InChI=1S/C7H5Cl2NO2.C6H5Cl2NO.B.Na.H/c1-12-7(11)4-3-10-6(9)2-5(4)8;7-5-1-6(8)9-2-4(5)3-10;;;/h2-3H,1H3;1-2,10H,3H2;;;/q;;;+1;-1. The van der Waals surface area contributed by atoms with Gasteiger partial charge >= 0.3 is 35.5 Å². The molecule has 0 fully saturated rings. The Morgan fingerprint density at radius 3 is 2.04 bits per heavy atom. The van der Waals surface area contributed by atoms with E-state index < -0.39 is 5.97 Å². The average molecular weight is 419 g/mol. The maximum atomic E-state index is 11.0. The predicted octanol–water partition coefficient (Wildman–Crippen LogP) is 0.791. The molecular weight excluding hydrogens is 408 g/mol. The third-order valence-electron chi connectivity index (χ3n) is 2.29. The summed E-state index contributed by atoms with van der Waals surface area (Å²) in [5.41, 5.74) is 0.801. The van der Waals surface area contributed by atoms with Crippen molar-refractivity contribution in [2.75, 3.05) is 7.11 Å². The molecule has 0 spiro atoms. The van der Waals surface area contributed by atoms with E-state index in [2.05, 4.69) is 14.7 Å². The SMILES string of the molecule is COC(=O)c1cnc(Cl)cc1Cl.OCc1cnc(Cl)cc1Cl.[B].[H-].[Na+]. The second kappa shape index (κ2) is 13.2. The zero-order valence-corrected chi connectivity index (χ0v) is 17.8. The van der Waals surface area contributed by atoms with Crippen molar-refractivity contribution >= 4 is 60.8 Å². The Balaban J connectivity index is -0.000000350. The maximum absolute atomic E-state index is 11.0. The van der Waals surface area contributed by atoms with Crippen LogP contribution in [0, 0.1) is 0 Å². The number of hydrogen-bond donors (Lipinski definition) is 1. The Hall–Kier alpha value is -0.0451. The Morgan fingerprint density at radius 2 is 1.62 bits per heavy atom. The summed E-state index contributed by atoms with van der Waals surface area (Å²) in [6.07, 6.45) is 2.72. The minimum Gasteiger partial charge on any atom is -1.00 e. The Bertz CT molecular complexity index is 686. The normalized spacial score (nSPS) is 8.92. The largest absolute Gasteiger partial charge is 1.00 e. The van der Waals surface area contributed by atoms with E-state index in [-0.39, 0.29) is 61.7 Å². The van der Waals surface area contributed by atoms with Gasteiger partial charge in [0.1, 0.15) is 10.3 Å². The molecule has 0 aliphatic rings. The van der Waals surface area contributed by atoms with Gasteiger partial charge in [0, 0.05) is 26.4 Å². The molecule has 0 aliphatic heterocycles. The molecule has 2 heterocycles. The van der Waals surface area contributed by atoms with Crippen LogP contribution in [0.1, 0.15) is 17.3 Å². The van der Waals surface area contributed by atoms with E-state index >= 15 is 0 Å². The van der Waals surface area contributed by atoms with Crippen LogP contribution in [0.5, 0.6) is 0 Å². The number of aliphatic hydroxyl groups excluding tert-OH is 1. The van der Waals surface area contributed by atoms with Crippen molar-refractivity contribution in [1.82, 2.24) is 9.97 Å². The molecule has 3 radical (unpaired) electrons. The quantitative estimate of drug-likeness (QED) is 0.443. The van der Waals surface area contributed by atoms with Gasteiger partial charge in [-0.2, -0.15) is 0 Å². The zero-order valence-electron chi connectivity index (χ0n) is 13.8. The summed E-state index contributed by atoms with van der Waals surface area (Å²) in [4.78, 5) is 18.4. The van der Waals surface area contributed by atoms with Crippen molar-refractivity contribution in [1.29, 1.82) is 0 Å². The van der Waals surface area contributed by atoms with E-state index in [0.29, 0.717) is 15.7 Å². The van der Waals surface area contributed by atoms with Crippen LogP contribution in [0.3, 0.4) is 0 Å². The molecule has 0 aromatic carbocycles. The number of carbonyl (C=O) groups is 1. The number of carbonyl (C=O) groups excluding carboxylic acids is 1. The summed E-state index contributed by atoms with van der Waals surface area (Å²) in [5, 5.41) is 9.90. The van der Waals surface area contributed by atoms with Crippen molar-refractivity contribution in [2.45, 2.75) is 6.61 Å². The molecular formula is C13H11BCl4N2NaO3. The number of esters is 1. The Morgan fingerprint density at radius 1 is 1.12 bits per heavy atom. The molecule has 0 saturated heterocycles. The van der Waals surface area contributed by atoms with Crippen molar-refractivity contribution in [3.8, 4) is 0 Å². The Labute approximate surface area is 185 Å². The number of nitrogens with zero attached hydrogens (tertiary/aromatic N) is 2. The van der Waals surface area contributed by atoms with Gasteiger partial charge in [0.15, 0.2) is 0 Å². The van der Waals surface area contributed by atoms with Crippen molar-refractivity contribution in [3.05, 3.63) is 56.0 Å². The number of rotatable bonds is 2. The molecule has 24 heavy (non-hydrogen) atoms. The molecule has 2 aromatic rings. The molecule has 5 nitrogen and oxygen atoms in total. The maximum Gasteiger partial charge on any atom is 1.00 e. The van der Waals surface area contributed by atoms with Crippen LogP contribution in [-0.4, -0.2) is 36.6 Å². The van der Waals surface area contributed by atoms with Gasteiger partial charge in [0.2, 0.25) is 0 Å². The summed E-state index contributed by atoms with van der Waals surface area (Å²) < 4.78 is 4.45. The van der Waals surface area contributed by atoms with E-state index in [1.54, 1.807) is 0 Å². The van der Waals surface area contributed by atoms with Crippen LogP contribution in [0.2, 0.25) is 20.4 Å². The van der Waals surface area contributed by atoms with Gasteiger partial charge in [-0.1, -0.05) is 46.4 Å². The van der Waals surface area contributed by atoms with E-state index in [1.165, 1.54) is 31.6 Å². The number of hydrogen-bond acceptors (Lipinski definition) is 5. The van der Waals surface area contributed by atoms with Gasteiger partial charge in [0.25, 0.3) is 0 Å². The number of halogens is 4. The first-order chi connectivity index (χ1) is 10.4. The van der Waals surface area contributed by atoms with Crippen LogP contribution >= 0.6 is 46.4 Å². The van der Waals surface area contributed by atoms with Crippen molar-refractivity contribution in [3.63, 3.8) is 0 Å². The summed E-state index contributed by atoms with van der Waals surface area (Å²) in [6, 6.07) is 2.88. The minimum absolute atomic E-state index is 0. The van der Waals surface area contributed by atoms with E-state index in [0.717, 1.165) is 0 Å². The summed E-state index contributed by atoms with van der Waals surface area (Å²) in [5.74, 6) is -0.524. The van der Waals surface area contributed by atoms with E-state index in [4.69, 9.17) is 51.5 Å². The molecule has 0 saturated carbocycles. The number of pyridine rings is 2. The molecule has 123 valence electrons. The second-order valence-electron chi connectivity index (χ2n) is 3.74. The minimum atomic E-state index is -0.524. The number of aliphatic hydroxyl groups is 1. The van der Waals surface area contributed by atoms with Gasteiger partial charge in [-0.05, 0) is 12.1 Å². The third kappa shape index (κ3) is 8.36. The topological polar surface area (TPSA) is 72.3 Å². The number of methoxy groups -OCH3 is 1.